The van der Waals surface area contributed by atoms with Crippen molar-refractivity contribution in [2.75, 3.05) is 6.61 Å². The topological polar surface area (TPSA) is 61.8 Å². The third kappa shape index (κ3) is 4.20. The highest BCUT2D eigenvalue weighted by atomic mass is 35.5. The molecule has 2 aromatic carbocycles. The average Bonchev–Trinajstić information content (AvgIpc) is 2.95. The molecule has 1 saturated heterocycles. The molecular formula is C19H16ClFO5. The van der Waals surface area contributed by atoms with Crippen LogP contribution < -0.4 is 0 Å². The van der Waals surface area contributed by atoms with Gasteiger partial charge in [0.05, 0.1) is 11.1 Å². The molecule has 26 heavy (non-hydrogen) atoms. The Hall–Kier alpha value is -2.44. The summed E-state index contributed by atoms with van der Waals surface area (Å²) in [6.07, 6.45) is -3.99. The number of hydrogen-bond acceptors (Lipinski definition) is 5. The lowest BCUT2D eigenvalue weighted by Gasteiger charge is -2.19. The first-order valence-electron chi connectivity index (χ1n) is 7.98. The largest absolute Gasteiger partial charge is 0.459 e. The van der Waals surface area contributed by atoms with Crippen LogP contribution in [0.1, 0.15) is 20.7 Å². The monoisotopic (exact) mass is 378 g/mol. The van der Waals surface area contributed by atoms with Crippen molar-refractivity contribution in [3.05, 3.63) is 71.8 Å². The van der Waals surface area contributed by atoms with Crippen molar-refractivity contribution in [3.63, 3.8) is 0 Å². The normalized spacial score (nSPS) is 24.8. The minimum atomic E-state index is -1.73. The van der Waals surface area contributed by atoms with E-state index in [1.165, 1.54) is 0 Å². The molecule has 0 aliphatic carbocycles. The number of ether oxygens (including phenoxy) is 3. The lowest BCUT2D eigenvalue weighted by molar-refractivity contribution is -0.0351. The van der Waals surface area contributed by atoms with E-state index in [0.717, 1.165) is 0 Å². The second-order valence-corrected chi connectivity index (χ2v) is 6.10. The van der Waals surface area contributed by atoms with Gasteiger partial charge in [0.2, 0.25) is 0 Å². The number of benzene rings is 2. The summed E-state index contributed by atoms with van der Waals surface area (Å²) in [4.78, 5) is 24.2. The highest BCUT2D eigenvalue weighted by molar-refractivity contribution is 6.20. The summed E-state index contributed by atoms with van der Waals surface area (Å²) in [7, 11) is 0. The van der Waals surface area contributed by atoms with E-state index < -0.39 is 35.9 Å². The first-order chi connectivity index (χ1) is 12.6. The van der Waals surface area contributed by atoms with E-state index in [1.54, 1.807) is 60.7 Å². The highest BCUT2D eigenvalue weighted by Gasteiger charge is 2.47. The van der Waals surface area contributed by atoms with Crippen LogP contribution in [0.3, 0.4) is 0 Å². The molecule has 0 N–H and O–H groups in total. The molecule has 0 amide bonds. The molecule has 0 spiro atoms. The summed E-state index contributed by atoms with van der Waals surface area (Å²) in [6, 6.07) is 16.5. The molecule has 7 heteroatoms. The van der Waals surface area contributed by atoms with E-state index in [1.807, 2.05) is 0 Å². The number of esters is 2. The fraction of sp³-hybridized carbons (Fsp3) is 0.263. The van der Waals surface area contributed by atoms with Gasteiger partial charge in [-0.05, 0) is 24.3 Å². The molecule has 4 atom stereocenters. The van der Waals surface area contributed by atoms with Crippen LogP contribution in [-0.2, 0) is 14.2 Å². The van der Waals surface area contributed by atoms with E-state index >= 15 is 0 Å². The fourth-order valence-electron chi connectivity index (χ4n) is 2.53. The lowest BCUT2D eigenvalue weighted by Crippen LogP contribution is -2.37. The van der Waals surface area contributed by atoms with Gasteiger partial charge >= 0.3 is 11.9 Å². The molecule has 0 radical (unpaired) electrons. The minimum absolute atomic E-state index is 0.276. The summed E-state index contributed by atoms with van der Waals surface area (Å²) in [6.45, 7) is -0.288. The second-order valence-electron chi connectivity index (χ2n) is 5.67. The highest BCUT2D eigenvalue weighted by Crippen LogP contribution is 2.30. The third-order valence-electron chi connectivity index (χ3n) is 3.88. The first kappa shape index (κ1) is 18.4. The molecular weight excluding hydrogens is 363 g/mol. The van der Waals surface area contributed by atoms with Crippen molar-refractivity contribution in [2.24, 2.45) is 0 Å². The van der Waals surface area contributed by atoms with Gasteiger partial charge in [-0.1, -0.05) is 48.0 Å². The zero-order valence-electron chi connectivity index (χ0n) is 13.6. The molecule has 0 unspecified atom stereocenters. The summed E-state index contributed by atoms with van der Waals surface area (Å²) < 4.78 is 29.9. The van der Waals surface area contributed by atoms with Gasteiger partial charge in [0.15, 0.2) is 17.8 Å². The van der Waals surface area contributed by atoms with Crippen molar-refractivity contribution in [1.29, 1.82) is 0 Å². The SMILES string of the molecule is O=C(OC[C@H]1O[C@H](Cl)[C@H](F)[C@@H]1OC(=O)c1ccccc1)c1ccccc1. The summed E-state index contributed by atoms with van der Waals surface area (Å²) >= 11 is 5.78. The van der Waals surface area contributed by atoms with Crippen LogP contribution in [0.15, 0.2) is 60.7 Å². The minimum Gasteiger partial charge on any atom is -0.459 e. The Morgan fingerprint density at radius 2 is 1.50 bits per heavy atom. The summed E-state index contributed by atoms with van der Waals surface area (Å²) in [5, 5.41) is 0. The van der Waals surface area contributed by atoms with Gasteiger partial charge in [-0.15, -0.1) is 0 Å². The van der Waals surface area contributed by atoms with Crippen LogP contribution in [0.5, 0.6) is 0 Å². The molecule has 3 rings (SSSR count). The average molecular weight is 379 g/mol. The predicted octanol–water partition coefficient (Wildman–Crippen LogP) is 3.37. The van der Waals surface area contributed by atoms with E-state index in [9.17, 15) is 14.0 Å². The van der Waals surface area contributed by atoms with Crippen LogP contribution in [0.4, 0.5) is 4.39 Å². The Balaban J connectivity index is 1.63. The Morgan fingerprint density at radius 3 is 2.08 bits per heavy atom. The molecule has 0 bridgehead atoms. The number of halogens is 2. The van der Waals surface area contributed by atoms with Crippen LogP contribution in [0, 0.1) is 0 Å². The summed E-state index contributed by atoms with van der Waals surface area (Å²) in [5.41, 5.74) is -0.663. The smallest absolute Gasteiger partial charge is 0.338 e. The van der Waals surface area contributed by atoms with Crippen molar-refractivity contribution >= 4 is 23.5 Å². The van der Waals surface area contributed by atoms with Gasteiger partial charge < -0.3 is 14.2 Å². The van der Waals surface area contributed by atoms with Gasteiger partial charge in [-0.3, -0.25) is 0 Å². The van der Waals surface area contributed by atoms with Crippen molar-refractivity contribution in [2.45, 2.75) is 23.9 Å². The van der Waals surface area contributed by atoms with Crippen molar-refractivity contribution in [1.82, 2.24) is 0 Å². The maximum absolute atomic E-state index is 14.3. The van der Waals surface area contributed by atoms with Crippen molar-refractivity contribution < 1.29 is 28.2 Å². The van der Waals surface area contributed by atoms with Crippen molar-refractivity contribution in [3.8, 4) is 0 Å². The molecule has 136 valence electrons. The van der Waals surface area contributed by atoms with Gasteiger partial charge in [-0.2, -0.15) is 0 Å². The third-order valence-corrected chi connectivity index (χ3v) is 4.22. The number of alkyl halides is 2. The van der Waals surface area contributed by atoms with E-state index in [4.69, 9.17) is 25.8 Å². The van der Waals surface area contributed by atoms with Crippen LogP contribution >= 0.6 is 11.6 Å². The molecule has 1 fully saturated rings. The predicted molar refractivity (Wildman–Crippen MR) is 91.8 cm³/mol. The maximum atomic E-state index is 14.3. The van der Waals surface area contributed by atoms with E-state index in [-0.39, 0.29) is 12.2 Å². The number of carbonyl (C=O) groups excluding carboxylic acids is 2. The Morgan fingerprint density at radius 1 is 0.962 bits per heavy atom. The Bertz CT molecular complexity index is 755. The molecule has 2 aromatic rings. The molecule has 1 aliphatic rings. The van der Waals surface area contributed by atoms with Gasteiger partial charge in [0, 0.05) is 0 Å². The molecule has 1 aliphatic heterocycles. The Kier molecular flexibility index (Phi) is 5.85. The first-order valence-corrected chi connectivity index (χ1v) is 8.41. The molecule has 0 saturated carbocycles. The van der Waals surface area contributed by atoms with Gasteiger partial charge in [0.1, 0.15) is 12.7 Å². The Labute approximate surface area is 154 Å². The lowest BCUT2D eigenvalue weighted by atomic mass is 10.1. The van der Waals surface area contributed by atoms with Gasteiger partial charge in [0.25, 0.3) is 0 Å². The quantitative estimate of drug-likeness (QED) is 0.589. The number of carbonyl (C=O) groups is 2. The standard InChI is InChI=1S/C19H16ClFO5/c20-17-15(21)16(26-19(23)13-9-5-2-6-10-13)14(25-17)11-24-18(22)12-7-3-1-4-8-12/h1-10,14-17H,11H2/t14-,15-,16-,17+/m1/s1. The van der Waals surface area contributed by atoms with Crippen LogP contribution in [0.25, 0.3) is 0 Å². The maximum Gasteiger partial charge on any atom is 0.338 e. The van der Waals surface area contributed by atoms with E-state index in [0.29, 0.717) is 5.56 Å². The molecule has 0 aromatic heterocycles. The van der Waals surface area contributed by atoms with Crippen LogP contribution in [0.2, 0.25) is 0 Å². The van der Waals surface area contributed by atoms with Gasteiger partial charge in [-0.25, -0.2) is 14.0 Å². The molecule has 5 nitrogen and oxygen atoms in total. The number of rotatable bonds is 5. The fourth-order valence-corrected chi connectivity index (χ4v) is 2.81. The summed E-state index contributed by atoms with van der Waals surface area (Å²) in [5.74, 6) is -1.29. The van der Waals surface area contributed by atoms with Crippen LogP contribution in [-0.4, -0.2) is 42.5 Å². The second kappa shape index (κ2) is 8.29. The zero-order valence-corrected chi connectivity index (χ0v) is 14.3. The van der Waals surface area contributed by atoms with E-state index in [2.05, 4.69) is 0 Å². The zero-order chi connectivity index (χ0) is 18.5. The molecule has 1 heterocycles. The number of hydrogen-bond donors (Lipinski definition) is 0.